The zero-order valence-electron chi connectivity index (χ0n) is 10.6. The molecule has 1 saturated heterocycles. The lowest BCUT2D eigenvalue weighted by atomic mass is 9.98. The number of carbonyl (C=O) groups is 1. The molecule has 1 aliphatic heterocycles. The standard InChI is InChI=1S/C15H16N2O2/c18-15(19)12-5-3-9-17(10-12)14-13-6-2-1-4-11(13)7-8-16-14/h1-2,4,6-8,12H,3,5,9-10H2,(H,18,19). The first kappa shape index (κ1) is 12.0. The molecule has 0 bridgehead atoms. The second kappa shape index (κ2) is 4.88. The number of carboxylic acids is 1. The number of anilines is 1. The first-order valence-electron chi connectivity index (χ1n) is 6.57. The van der Waals surface area contributed by atoms with E-state index >= 15 is 0 Å². The van der Waals surface area contributed by atoms with Gasteiger partial charge in [-0.3, -0.25) is 4.79 Å². The molecule has 1 atom stereocenters. The van der Waals surface area contributed by atoms with Gasteiger partial charge in [-0.25, -0.2) is 4.98 Å². The molecule has 1 aliphatic rings. The van der Waals surface area contributed by atoms with Crippen molar-refractivity contribution in [2.24, 2.45) is 5.92 Å². The molecule has 2 heterocycles. The van der Waals surface area contributed by atoms with Crippen molar-refractivity contribution in [2.75, 3.05) is 18.0 Å². The van der Waals surface area contributed by atoms with Gasteiger partial charge in [0.1, 0.15) is 5.82 Å². The number of rotatable bonds is 2. The maximum atomic E-state index is 11.1. The molecule has 4 heteroatoms. The number of pyridine rings is 1. The quantitative estimate of drug-likeness (QED) is 0.897. The van der Waals surface area contributed by atoms with Crippen molar-refractivity contribution < 1.29 is 9.90 Å². The van der Waals surface area contributed by atoms with Crippen LogP contribution in [0, 0.1) is 5.92 Å². The third-order valence-electron chi connectivity index (χ3n) is 3.72. The summed E-state index contributed by atoms with van der Waals surface area (Å²) >= 11 is 0. The van der Waals surface area contributed by atoms with Gasteiger partial charge in [0, 0.05) is 24.7 Å². The number of nitrogens with zero attached hydrogens (tertiary/aromatic N) is 2. The predicted octanol–water partition coefficient (Wildman–Crippen LogP) is 2.54. The minimum atomic E-state index is -0.704. The van der Waals surface area contributed by atoms with E-state index in [2.05, 4.69) is 16.0 Å². The molecule has 1 fully saturated rings. The molecule has 0 aliphatic carbocycles. The van der Waals surface area contributed by atoms with E-state index in [0.717, 1.165) is 36.0 Å². The Bertz CT molecular complexity index is 607. The molecule has 3 rings (SSSR count). The van der Waals surface area contributed by atoms with E-state index in [1.165, 1.54) is 0 Å². The molecule has 2 aromatic rings. The molecule has 1 aromatic heterocycles. The first-order chi connectivity index (χ1) is 9.25. The van der Waals surface area contributed by atoms with Crippen molar-refractivity contribution in [3.63, 3.8) is 0 Å². The van der Waals surface area contributed by atoms with Crippen LogP contribution in [0.25, 0.3) is 10.8 Å². The van der Waals surface area contributed by atoms with E-state index in [1.807, 2.05) is 24.3 Å². The summed E-state index contributed by atoms with van der Waals surface area (Å²) in [5.41, 5.74) is 0. The number of aromatic nitrogens is 1. The van der Waals surface area contributed by atoms with Crippen molar-refractivity contribution in [1.82, 2.24) is 4.98 Å². The summed E-state index contributed by atoms with van der Waals surface area (Å²) in [5, 5.41) is 11.4. The van der Waals surface area contributed by atoms with E-state index in [-0.39, 0.29) is 5.92 Å². The van der Waals surface area contributed by atoms with E-state index in [9.17, 15) is 4.79 Å². The van der Waals surface area contributed by atoms with E-state index < -0.39 is 5.97 Å². The Kier molecular flexibility index (Phi) is 3.07. The minimum absolute atomic E-state index is 0.283. The van der Waals surface area contributed by atoms with E-state index in [0.29, 0.717) is 6.54 Å². The molecule has 1 N–H and O–H groups in total. The summed E-state index contributed by atoms with van der Waals surface area (Å²) in [4.78, 5) is 17.7. The van der Waals surface area contributed by atoms with Crippen molar-refractivity contribution in [1.29, 1.82) is 0 Å². The highest BCUT2D eigenvalue weighted by molar-refractivity contribution is 5.92. The Morgan fingerprint density at radius 3 is 3.00 bits per heavy atom. The Morgan fingerprint density at radius 1 is 1.32 bits per heavy atom. The number of fused-ring (bicyclic) bond motifs is 1. The van der Waals surface area contributed by atoms with Crippen LogP contribution in [0.4, 0.5) is 5.82 Å². The molecule has 0 saturated carbocycles. The second-order valence-electron chi connectivity index (χ2n) is 4.98. The molecule has 0 amide bonds. The number of benzene rings is 1. The van der Waals surface area contributed by atoms with Gasteiger partial charge in [0.15, 0.2) is 0 Å². The summed E-state index contributed by atoms with van der Waals surface area (Å²) in [7, 11) is 0. The summed E-state index contributed by atoms with van der Waals surface area (Å²) in [6, 6.07) is 10.1. The number of hydrogen-bond acceptors (Lipinski definition) is 3. The smallest absolute Gasteiger partial charge is 0.308 e. The van der Waals surface area contributed by atoms with Gasteiger partial charge >= 0.3 is 5.97 Å². The Morgan fingerprint density at radius 2 is 2.16 bits per heavy atom. The van der Waals surface area contributed by atoms with Crippen molar-refractivity contribution in [2.45, 2.75) is 12.8 Å². The van der Waals surface area contributed by atoms with Crippen molar-refractivity contribution in [3.05, 3.63) is 36.5 Å². The molecule has 98 valence electrons. The molecular weight excluding hydrogens is 240 g/mol. The van der Waals surface area contributed by atoms with Crippen LogP contribution in [0.5, 0.6) is 0 Å². The van der Waals surface area contributed by atoms with Crippen LogP contribution in [-0.2, 0) is 4.79 Å². The minimum Gasteiger partial charge on any atom is -0.481 e. The normalized spacial score (nSPS) is 19.6. The van der Waals surface area contributed by atoms with Crippen LogP contribution < -0.4 is 4.90 Å². The Hall–Kier alpha value is -2.10. The summed E-state index contributed by atoms with van der Waals surface area (Å²) in [6.07, 6.45) is 3.46. The lowest BCUT2D eigenvalue weighted by molar-refractivity contribution is -0.141. The topological polar surface area (TPSA) is 53.4 Å². The van der Waals surface area contributed by atoms with Gasteiger partial charge in [0.05, 0.1) is 5.92 Å². The summed E-state index contributed by atoms with van der Waals surface area (Å²) in [6.45, 7) is 1.43. The summed E-state index contributed by atoms with van der Waals surface area (Å²) in [5.74, 6) is -0.0801. The summed E-state index contributed by atoms with van der Waals surface area (Å²) < 4.78 is 0. The van der Waals surface area contributed by atoms with Gasteiger partial charge in [-0.15, -0.1) is 0 Å². The highest BCUT2D eigenvalue weighted by atomic mass is 16.4. The van der Waals surface area contributed by atoms with Crippen molar-refractivity contribution in [3.8, 4) is 0 Å². The van der Waals surface area contributed by atoms with Crippen LogP contribution in [0.2, 0.25) is 0 Å². The maximum Gasteiger partial charge on any atom is 0.308 e. The van der Waals surface area contributed by atoms with Gasteiger partial charge < -0.3 is 10.0 Å². The van der Waals surface area contributed by atoms with Crippen LogP contribution in [0.15, 0.2) is 36.5 Å². The van der Waals surface area contributed by atoms with Gasteiger partial charge in [0.2, 0.25) is 0 Å². The number of aliphatic carboxylic acids is 1. The van der Waals surface area contributed by atoms with Gasteiger partial charge in [-0.1, -0.05) is 24.3 Å². The maximum absolute atomic E-state index is 11.1. The highest BCUT2D eigenvalue weighted by Gasteiger charge is 2.26. The average Bonchev–Trinajstić information content (AvgIpc) is 2.47. The fourth-order valence-corrected chi connectivity index (χ4v) is 2.73. The lowest BCUT2D eigenvalue weighted by Gasteiger charge is -2.32. The average molecular weight is 256 g/mol. The largest absolute Gasteiger partial charge is 0.481 e. The third kappa shape index (κ3) is 2.26. The van der Waals surface area contributed by atoms with E-state index in [4.69, 9.17) is 5.11 Å². The number of carboxylic acid groups (broad SMARTS) is 1. The van der Waals surface area contributed by atoms with Crippen LogP contribution >= 0.6 is 0 Å². The molecule has 0 radical (unpaired) electrons. The predicted molar refractivity (Wildman–Crippen MR) is 74.3 cm³/mol. The van der Waals surface area contributed by atoms with Gasteiger partial charge in [0.25, 0.3) is 0 Å². The fraction of sp³-hybridized carbons (Fsp3) is 0.333. The molecule has 0 spiro atoms. The van der Waals surface area contributed by atoms with Crippen molar-refractivity contribution >= 4 is 22.6 Å². The SMILES string of the molecule is O=C(O)C1CCCN(c2nccc3ccccc23)C1. The number of piperidine rings is 1. The number of hydrogen-bond donors (Lipinski definition) is 1. The zero-order chi connectivity index (χ0) is 13.2. The molecule has 1 aromatic carbocycles. The van der Waals surface area contributed by atoms with E-state index in [1.54, 1.807) is 6.20 Å². The zero-order valence-corrected chi connectivity index (χ0v) is 10.6. The Labute approximate surface area is 111 Å². The highest BCUT2D eigenvalue weighted by Crippen LogP contribution is 2.28. The lowest BCUT2D eigenvalue weighted by Crippen LogP contribution is -2.39. The fourth-order valence-electron chi connectivity index (χ4n) is 2.73. The van der Waals surface area contributed by atoms with Gasteiger partial charge in [-0.05, 0) is 24.3 Å². The monoisotopic (exact) mass is 256 g/mol. The Balaban J connectivity index is 1.97. The molecule has 19 heavy (non-hydrogen) atoms. The third-order valence-corrected chi connectivity index (χ3v) is 3.72. The first-order valence-corrected chi connectivity index (χ1v) is 6.57. The van der Waals surface area contributed by atoms with Crippen LogP contribution in [0.1, 0.15) is 12.8 Å². The van der Waals surface area contributed by atoms with Gasteiger partial charge in [-0.2, -0.15) is 0 Å². The molecular formula is C15H16N2O2. The molecule has 1 unspecified atom stereocenters. The van der Waals surface area contributed by atoms with Crippen LogP contribution in [0.3, 0.4) is 0 Å². The molecule has 4 nitrogen and oxygen atoms in total. The second-order valence-corrected chi connectivity index (χ2v) is 4.98. The van der Waals surface area contributed by atoms with Crippen LogP contribution in [-0.4, -0.2) is 29.1 Å².